The second-order valence-corrected chi connectivity index (χ2v) is 5.02. The van der Waals surface area contributed by atoms with E-state index in [1.807, 2.05) is 0 Å². The van der Waals surface area contributed by atoms with Gasteiger partial charge in [0.2, 0.25) is 5.91 Å². The van der Waals surface area contributed by atoms with Crippen molar-refractivity contribution in [2.24, 2.45) is 5.73 Å². The molecule has 0 aromatic carbocycles. The quantitative estimate of drug-likeness (QED) is 0.494. The van der Waals surface area contributed by atoms with Gasteiger partial charge in [0, 0.05) is 19.8 Å². The molecule has 0 spiro atoms. The third kappa shape index (κ3) is 4.25. The predicted octanol–water partition coefficient (Wildman–Crippen LogP) is -1.16. The van der Waals surface area contributed by atoms with Crippen LogP contribution in [0.2, 0.25) is 0 Å². The van der Waals surface area contributed by atoms with Crippen molar-refractivity contribution in [3.8, 4) is 0 Å². The summed E-state index contributed by atoms with van der Waals surface area (Å²) in [6.45, 7) is 2.07. The van der Waals surface area contributed by atoms with E-state index in [-0.39, 0.29) is 12.5 Å². The number of carboxylic acid groups (broad SMARTS) is 1. The molecule has 1 aliphatic rings. The third-order valence-electron chi connectivity index (χ3n) is 3.00. The van der Waals surface area contributed by atoms with Crippen molar-refractivity contribution in [3.05, 3.63) is 0 Å². The average Bonchev–Trinajstić information content (AvgIpc) is 2.25. The van der Waals surface area contributed by atoms with Gasteiger partial charge in [-0.15, -0.1) is 0 Å². The van der Waals surface area contributed by atoms with E-state index in [9.17, 15) is 14.7 Å². The van der Waals surface area contributed by atoms with Crippen LogP contribution in [0, 0.1) is 0 Å². The summed E-state index contributed by atoms with van der Waals surface area (Å²) in [5.74, 6) is -1.50. The van der Waals surface area contributed by atoms with Gasteiger partial charge in [-0.1, -0.05) is 0 Å². The second kappa shape index (κ2) is 5.64. The number of hydrogen-bond donors (Lipinski definition) is 4. The van der Waals surface area contributed by atoms with E-state index in [4.69, 9.17) is 15.6 Å². The number of aliphatic hydroxyl groups is 1. The minimum absolute atomic E-state index is 0.141. The number of carbonyl (C=O) groups excluding carboxylic acids is 1. The van der Waals surface area contributed by atoms with Crippen LogP contribution in [0.3, 0.4) is 0 Å². The number of carbonyl (C=O) groups is 2. The smallest absolute Gasteiger partial charge is 0.306 e. The van der Waals surface area contributed by atoms with Crippen LogP contribution in [-0.2, 0) is 14.3 Å². The Labute approximate surface area is 105 Å². The topological polar surface area (TPSA) is 122 Å². The number of nitrogens with one attached hydrogen (secondary N) is 1. The van der Waals surface area contributed by atoms with E-state index in [1.54, 1.807) is 0 Å². The Balaban J connectivity index is 2.47. The molecule has 1 aliphatic heterocycles. The summed E-state index contributed by atoms with van der Waals surface area (Å²) in [6.07, 6.45) is 0.397. The summed E-state index contributed by atoms with van der Waals surface area (Å²) in [5, 5.41) is 20.9. The molecule has 0 aromatic heterocycles. The molecule has 0 aliphatic carbocycles. The molecule has 0 bridgehead atoms. The lowest BCUT2D eigenvalue weighted by atomic mass is 9.90. The first-order chi connectivity index (χ1) is 8.25. The zero-order chi connectivity index (χ0) is 13.8. The van der Waals surface area contributed by atoms with E-state index in [2.05, 4.69) is 5.32 Å². The Morgan fingerprint density at radius 1 is 1.44 bits per heavy atom. The predicted molar refractivity (Wildman–Crippen MR) is 62.9 cm³/mol. The van der Waals surface area contributed by atoms with Gasteiger partial charge in [0.1, 0.15) is 0 Å². The van der Waals surface area contributed by atoms with Crippen LogP contribution >= 0.6 is 0 Å². The maximum absolute atomic E-state index is 11.9. The molecule has 7 nitrogen and oxygen atoms in total. The van der Waals surface area contributed by atoms with Gasteiger partial charge < -0.3 is 26.0 Å². The van der Waals surface area contributed by atoms with E-state index in [0.29, 0.717) is 26.1 Å². The molecule has 1 rings (SSSR count). The molecule has 0 saturated carbocycles. The summed E-state index contributed by atoms with van der Waals surface area (Å²) in [6, 6.07) is 0. The van der Waals surface area contributed by atoms with Crippen molar-refractivity contribution in [1.82, 2.24) is 5.32 Å². The van der Waals surface area contributed by atoms with Gasteiger partial charge in [0.05, 0.1) is 17.6 Å². The molecule has 1 heterocycles. The summed E-state index contributed by atoms with van der Waals surface area (Å²) in [7, 11) is 0. The lowest BCUT2D eigenvalue weighted by Gasteiger charge is -2.33. The lowest BCUT2D eigenvalue weighted by Crippen LogP contribution is -2.58. The van der Waals surface area contributed by atoms with Crippen molar-refractivity contribution in [2.45, 2.75) is 37.3 Å². The van der Waals surface area contributed by atoms with Crippen LogP contribution in [0.4, 0.5) is 0 Å². The first-order valence-corrected chi connectivity index (χ1v) is 5.84. The first kappa shape index (κ1) is 14.9. The minimum Gasteiger partial charge on any atom is -0.481 e. The fourth-order valence-corrected chi connectivity index (χ4v) is 1.80. The maximum atomic E-state index is 11.9. The summed E-state index contributed by atoms with van der Waals surface area (Å²) >= 11 is 0. The van der Waals surface area contributed by atoms with E-state index >= 15 is 0 Å². The van der Waals surface area contributed by atoms with Crippen molar-refractivity contribution in [2.75, 3.05) is 19.8 Å². The number of hydrogen-bond acceptors (Lipinski definition) is 5. The number of aliphatic carboxylic acids is 1. The number of rotatable bonds is 5. The van der Waals surface area contributed by atoms with Crippen LogP contribution in [0.25, 0.3) is 0 Å². The van der Waals surface area contributed by atoms with Gasteiger partial charge in [-0.3, -0.25) is 9.59 Å². The Bertz CT molecular complexity index is 323. The highest BCUT2D eigenvalue weighted by Gasteiger charge is 2.37. The van der Waals surface area contributed by atoms with Gasteiger partial charge in [-0.25, -0.2) is 0 Å². The van der Waals surface area contributed by atoms with E-state index < -0.39 is 23.5 Å². The van der Waals surface area contributed by atoms with E-state index in [0.717, 1.165) is 0 Å². The lowest BCUT2D eigenvalue weighted by molar-refractivity contribution is -0.143. The first-order valence-electron chi connectivity index (χ1n) is 5.84. The molecule has 1 unspecified atom stereocenters. The summed E-state index contributed by atoms with van der Waals surface area (Å²) < 4.78 is 5.13. The molecular formula is C11H20N2O5. The SMILES string of the molecule is CC(O)(CNC(=O)C1(N)CCOCC1)CC(=O)O. The molecule has 0 radical (unpaired) electrons. The minimum atomic E-state index is -1.48. The molecular weight excluding hydrogens is 240 g/mol. The highest BCUT2D eigenvalue weighted by Crippen LogP contribution is 2.18. The Morgan fingerprint density at radius 3 is 2.50 bits per heavy atom. The highest BCUT2D eigenvalue weighted by atomic mass is 16.5. The molecule has 1 fully saturated rings. The van der Waals surface area contributed by atoms with Crippen molar-refractivity contribution >= 4 is 11.9 Å². The van der Waals surface area contributed by atoms with Crippen molar-refractivity contribution in [1.29, 1.82) is 0 Å². The largest absolute Gasteiger partial charge is 0.481 e. The monoisotopic (exact) mass is 260 g/mol. The molecule has 104 valence electrons. The van der Waals surface area contributed by atoms with Crippen LogP contribution in [0.15, 0.2) is 0 Å². The van der Waals surface area contributed by atoms with Gasteiger partial charge in [0.15, 0.2) is 0 Å². The zero-order valence-corrected chi connectivity index (χ0v) is 10.4. The normalized spacial score (nSPS) is 21.9. The van der Waals surface area contributed by atoms with Crippen molar-refractivity contribution in [3.63, 3.8) is 0 Å². The fraction of sp³-hybridized carbons (Fsp3) is 0.818. The fourth-order valence-electron chi connectivity index (χ4n) is 1.80. The van der Waals surface area contributed by atoms with Gasteiger partial charge in [0.25, 0.3) is 0 Å². The van der Waals surface area contributed by atoms with Crippen LogP contribution in [0.1, 0.15) is 26.2 Å². The average molecular weight is 260 g/mol. The van der Waals surface area contributed by atoms with Gasteiger partial charge in [-0.2, -0.15) is 0 Å². The Morgan fingerprint density at radius 2 is 2.00 bits per heavy atom. The summed E-state index contributed by atoms with van der Waals surface area (Å²) in [4.78, 5) is 22.4. The van der Waals surface area contributed by atoms with Crippen LogP contribution < -0.4 is 11.1 Å². The Hall–Kier alpha value is -1.18. The molecule has 5 N–H and O–H groups in total. The molecule has 1 atom stereocenters. The molecule has 1 saturated heterocycles. The van der Waals surface area contributed by atoms with E-state index in [1.165, 1.54) is 6.92 Å². The highest BCUT2D eigenvalue weighted by molar-refractivity contribution is 5.86. The van der Waals surface area contributed by atoms with Crippen LogP contribution in [0.5, 0.6) is 0 Å². The van der Waals surface area contributed by atoms with Crippen molar-refractivity contribution < 1.29 is 24.5 Å². The maximum Gasteiger partial charge on any atom is 0.306 e. The second-order valence-electron chi connectivity index (χ2n) is 5.02. The molecule has 0 aromatic rings. The van der Waals surface area contributed by atoms with Gasteiger partial charge in [-0.05, 0) is 19.8 Å². The summed E-state index contributed by atoms with van der Waals surface area (Å²) in [5.41, 5.74) is 3.47. The van der Waals surface area contributed by atoms with Crippen LogP contribution in [-0.4, -0.2) is 53.0 Å². The number of nitrogens with two attached hydrogens (primary N) is 1. The Kier molecular flexibility index (Phi) is 4.66. The third-order valence-corrected chi connectivity index (χ3v) is 3.00. The number of amides is 1. The number of ether oxygens (including phenoxy) is 1. The molecule has 1 amide bonds. The molecule has 7 heteroatoms. The molecule has 18 heavy (non-hydrogen) atoms. The zero-order valence-electron chi connectivity index (χ0n) is 10.4. The standard InChI is InChI=1S/C11H20N2O5/c1-10(17,6-8(14)15)7-13-9(16)11(12)2-4-18-5-3-11/h17H,2-7,12H2,1H3,(H,13,16)(H,14,15). The van der Waals surface area contributed by atoms with Gasteiger partial charge >= 0.3 is 5.97 Å². The number of carboxylic acids is 1.